The molecule has 2 aliphatic heterocycles. The summed E-state index contributed by atoms with van der Waals surface area (Å²) < 4.78 is 47.3. The molecular weight excluding hydrogens is 545 g/mol. The maximum absolute atomic E-state index is 13.7. The number of likely N-dealkylation sites (tertiary alicyclic amines) is 1. The van der Waals surface area contributed by atoms with Gasteiger partial charge in [-0.3, -0.25) is 14.6 Å². The highest BCUT2D eigenvalue weighted by atomic mass is 79.9. The summed E-state index contributed by atoms with van der Waals surface area (Å²) in [4.78, 5) is 44.6. The lowest BCUT2D eigenvalue weighted by Crippen LogP contribution is -2.53. The van der Waals surface area contributed by atoms with Crippen molar-refractivity contribution in [2.24, 2.45) is 0 Å². The Morgan fingerprint density at radius 3 is 2.53 bits per heavy atom. The fourth-order valence-corrected chi connectivity index (χ4v) is 5.89. The van der Waals surface area contributed by atoms with Crippen molar-refractivity contribution in [2.75, 3.05) is 25.2 Å². The number of aromatic nitrogens is 2. The van der Waals surface area contributed by atoms with E-state index in [1.54, 1.807) is 55.5 Å². The Morgan fingerprint density at radius 1 is 1.14 bits per heavy atom. The van der Waals surface area contributed by atoms with Crippen molar-refractivity contribution in [3.63, 3.8) is 0 Å². The fraction of sp³-hybridized carbons (Fsp3) is 0.333. The van der Waals surface area contributed by atoms with Crippen LogP contribution >= 0.6 is 15.9 Å². The fourth-order valence-electron chi connectivity index (χ4n) is 5.49. The molecule has 0 aliphatic carbocycles. The van der Waals surface area contributed by atoms with Crippen molar-refractivity contribution in [2.45, 2.75) is 30.6 Å². The molecule has 0 N–H and O–H groups in total. The van der Waals surface area contributed by atoms with Crippen LogP contribution in [0.4, 0.5) is 13.2 Å². The summed E-state index contributed by atoms with van der Waals surface area (Å²) in [6.45, 7) is 0.737. The lowest BCUT2D eigenvalue weighted by Gasteiger charge is -2.34. The van der Waals surface area contributed by atoms with Crippen molar-refractivity contribution in [3.8, 4) is 0 Å². The van der Waals surface area contributed by atoms with Gasteiger partial charge < -0.3 is 9.64 Å². The number of piperidine rings is 1. The van der Waals surface area contributed by atoms with Crippen molar-refractivity contribution < 1.29 is 27.5 Å². The summed E-state index contributed by atoms with van der Waals surface area (Å²) in [5.74, 6) is -2.50. The first-order chi connectivity index (χ1) is 17.0. The summed E-state index contributed by atoms with van der Waals surface area (Å²) >= 11 is 3.38. The van der Waals surface area contributed by atoms with Crippen LogP contribution in [0.1, 0.15) is 17.8 Å². The topological polar surface area (TPSA) is 84.5 Å². The number of esters is 1. The van der Waals surface area contributed by atoms with Crippen LogP contribution in [-0.4, -0.2) is 58.4 Å². The Balaban J connectivity index is 1.79. The summed E-state index contributed by atoms with van der Waals surface area (Å²) in [7, 11) is 1.18. The first kappa shape index (κ1) is 24.3. The second kappa shape index (κ2) is 8.05. The van der Waals surface area contributed by atoms with Crippen LogP contribution in [0.2, 0.25) is 0 Å². The molecular formula is C24H20BrF3N4O4. The number of para-hydroxylation sites is 1. The van der Waals surface area contributed by atoms with E-state index in [-0.39, 0.29) is 24.2 Å². The number of carbonyl (C=O) groups is 2. The van der Waals surface area contributed by atoms with E-state index < -0.39 is 41.2 Å². The average Bonchev–Trinajstić information content (AvgIpc) is 3.46. The smallest absolute Gasteiger partial charge is 0.467 e. The molecule has 3 aromatic rings. The van der Waals surface area contributed by atoms with Crippen LogP contribution in [0.5, 0.6) is 0 Å². The standard InChI is InChI=1S/C24H20BrF3N4O4/c1-14-29-18-9-4-3-8-17(18)19(33)31(14)32-22(21(35)36-2)10-11-30(20(34)24(26,27)28)13-23(22,32)15-6-5-7-16(25)12-15/h3-9,12H,10-11,13H2,1-2H3. The number of fused-ring (bicyclic) bond motifs is 2. The molecule has 3 heterocycles. The molecule has 0 spiro atoms. The van der Waals surface area contributed by atoms with E-state index in [1.807, 2.05) is 0 Å². The van der Waals surface area contributed by atoms with Crippen LogP contribution < -0.4 is 10.6 Å². The third-order valence-corrected chi connectivity index (χ3v) is 7.48. The molecule has 2 atom stereocenters. The van der Waals surface area contributed by atoms with E-state index in [9.17, 15) is 27.6 Å². The number of amides is 1. The van der Waals surface area contributed by atoms with Gasteiger partial charge in [-0.15, -0.1) is 0 Å². The van der Waals surface area contributed by atoms with Gasteiger partial charge in [0.05, 0.1) is 24.6 Å². The minimum absolute atomic E-state index is 0.188. The number of aryl methyl sites for hydroxylation is 1. The quantitative estimate of drug-likeness (QED) is 0.359. The SMILES string of the molecule is COC(=O)C12CCN(C(=O)C(F)(F)F)CC1(c1cccc(Br)c1)N2n1c(C)nc2ccccc2c1=O. The summed E-state index contributed by atoms with van der Waals surface area (Å²) in [6, 6.07) is 13.4. The molecule has 1 aromatic heterocycles. The zero-order valence-electron chi connectivity index (χ0n) is 19.2. The van der Waals surface area contributed by atoms with Crippen LogP contribution in [0.15, 0.2) is 57.8 Å². The number of nitrogens with zero attached hydrogens (tertiary/aromatic N) is 4. The minimum atomic E-state index is -5.10. The third-order valence-electron chi connectivity index (χ3n) is 6.99. The molecule has 2 aromatic carbocycles. The molecule has 2 fully saturated rings. The molecule has 0 bridgehead atoms. The first-order valence-corrected chi connectivity index (χ1v) is 11.8. The molecule has 0 saturated carbocycles. The highest BCUT2D eigenvalue weighted by Crippen LogP contribution is 2.62. The van der Waals surface area contributed by atoms with Crippen LogP contribution in [0, 0.1) is 6.92 Å². The van der Waals surface area contributed by atoms with E-state index in [2.05, 4.69) is 20.9 Å². The number of benzene rings is 2. The number of halogens is 4. The van der Waals surface area contributed by atoms with E-state index in [0.29, 0.717) is 20.5 Å². The van der Waals surface area contributed by atoms with Crippen molar-refractivity contribution in [3.05, 3.63) is 74.7 Å². The second-order valence-corrected chi connectivity index (χ2v) is 9.72. The number of hydrogen-bond donors (Lipinski definition) is 0. The number of carbonyl (C=O) groups excluding carboxylic acids is 2. The maximum Gasteiger partial charge on any atom is 0.471 e. The van der Waals surface area contributed by atoms with Gasteiger partial charge in [0, 0.05) is 17.4 Å². The van der Waals surface area contributed by atoms with Crippen molar-refractivity contribution in [1.82, 2.24) is 14.6 Å². The third kappa shape index (κ3) is 3.19. The molecule has 188 valence electrons. The van der Waals surface area contributed by atoms with Gasteiger partial charge in [0.15, 0.2) is 5.54 Å². The van der Waals surface area contributed by atoms with Crippen LogP contribution in [0.25, 0.3) is 10.9 Å². The monoisotopic (exact) mass is 564 g/mol. The highest BCUT2D eigenvalue weighted by molar-refractivity contribution is 9.10. The lowest BCUT2D eigenvalue weighted by molar-refractivity contribution is -0.187. The summed E-state index contributed by atoms with van der Waals surface area (Å²) in [5.41, 5.74) is -2.65. The zero-order valence-corrected chi connectivity index (χ0v) is 20.8. The molecule has 2 saturated heterocycles. The molecule has 36 heavy (non-hydrogen) atoms. The Hall–Kier alpha value is -3.41. The van der Waals surface area contributed by atoms with Gasteiger partial charge >= 0.3 is 18.1 Å². The van der Waals surface area contributed by atoms with Crippen LogP contribution in [0.3, 0.4) is 0 Å². The lowest BCUT2D eigenvalue weighted by atomic mass is 9.80. The van der Waals surface area contributed by atoms with E-state index >= 15 is 0 Å². The molecule has 0 radical (unpaired) electrons. The average molecular weight is 565 g/mol. The van der Waals surface area contributed by atoms with E-state index in [0.717, 1.165) is 0 Å². The molecule has 1 amide bonds. The largest absolute Gasteiger partial charge is 0.471 e. The van der Waals surface area contributed by atoms with Crippen molar-refractivity contribution >= 4 is 38.7 Å². The van der Waals surface area contributed by atoms with Gasteiger partial charge in [0.25, 0.3) is 5.56 Å². The molecule has 5 rings (SSSR count). The Kier molecular flexibility index (Phi) is 5.43. The molecule has 2 unspecified atom stereocenters. The Labute approximate surface area is 211 Å². The maximum atomic E-state index is 13.7. The van der Waals surface area contributed by atoms with Gasteiger partial charge in [-0.1, -0.05) is 40.2 Å². The normalized spacial score (nSPS) is 23.4. The Bertz CT molecular complexity index is 1480. The minimum Gasteiger partial charge on any atom is -0.467 e. The van der Waals surface area contributed by atoms with Gasteiger partial charge in [-0.05, 0) is 36.8 Å². The molecule has 2 aliphatic rings. The number of rotatable bonds is 3. The van der Waals surface area contributed by atoms with Gasteiger partial charge in [0.2, 0.25) is 0 Å². The number of hydrogen-bond acceptors (Lipinski definition) is 6. The predicted molar refractivity (Wildman–Crippen MR) is 127 cm³/mol. The molecule has 8 nitrogen and oxygen atoms in total. The first-order valence-electron chi connectivity index (χ1n) is 11.0. The van der Waals surface area contributed by atoms with Crippen molar-refractivity contribution in [1.29, 1.82) is 0 Å². The van der Waals surface area contributed by atoms with Crippen LogP contribution in [-0.2, 0) is 19.9 Å². The van der Waals surface area contributed by atoms with Gasteiger partial charge in [-0.25, -0.2) is 14.5 Å². The number of alkyl halides is 3. The number of ether oxygens (including phenoxy) is 1. The number of methoxy groups -OCH3 is 1. The summed E-state index contributed by atoms with van der Waals surface area (Å²) in [6.07, 6.45) is -5.28. The van der Waals surface area contributed by atoms with Gasteiger partial charge in [0.1, 0.15) is 11.4 Å². The molecule has 12 heteroatoms. The second-order valence-electron chi connectivity index (χ2n) is 8.80. The van der Waals surface area contributed by atoms with Gasteiger partial charge in [-0.2, -0.15) is 13.2 Å². The zero-order chi connectivity index (χ0) is 26.0. The van der Waals surface area contributed by atoms with E-state index in [1.165, 1.54) is 16.8 Å². The highest BCUT2D eigenvalue weighted by Gasteiger charge is 2.84. The van der Waals surface area contributed by atoms with E-state index in [4.69, 9.17) is 4.74 Å². The predicted octanol–water partition coefficient (Wildman–Crippen LogP) is 3.02. The summed E-state index contributed by atoms with van der Waals surface area (Å²) in [5, 5.41) is 1.72. The Morgan fingerprint density at radius 2 is 1.86 bits per heavy atom.